The molecule has 0 aromatic heterocycles. The number of β-amino-alcohol motifs (C(OH)–C–C–N with tert-alkyl or cyclic N) is 1. The van der Waals surface area contributed by atoms with Crippen molar-refractivity contribution in [3.8, 4) is 5.75 Å². The zero-order chi connectivity index (χ0) is 22.6. The number of aryl methyl sites for hydroxylation is 1. The SMILES string of the molecule is COc1ccc(N(C[C@H](O)CN2[C@H](C)CCC[C@@H]2C)S(=O)(=O)c2ccc(C)cc2)cc1. The van der Waals surface area contributed by atoms with E-state index in [0.29, 0.717) is 30.1 Å². The zero-order valence-electron chi connectivity index (χ0n) is 18.9. The number of anilines is 1. The quantitative estimate of drug-likeness (QED) is 0.668. The molecule has 0 bridgehead atoms. The van der Waals surface area contributed by atoms with Crippen LogP contribution >= 0.6 is 0 Å². The largest absolute Gasteiger partial charge is 0.497 e. The molecular formula is C24H34N2O4S. The Morgan fingerprint density at radius 2 is 1.65 bits per heavy atom. The van der Waals surface area contributed by atoms with E-state index in [1.807, 2.05) is 6.92 Å². The number of nitrogens with zero attached hydrogens (tertiary/aromatic N) is 2. The molecule has 2 aromatic rings. The van der Waals surface area contributed by atoms with Crippen molar-refractivity contribution in [2.75, 3.05) is 24.5 Å². The van der Waals surface area contributed by atoms with E-state index in [-0.39, 0.29) is 11.4 Å². The van der Waals surface area contributed by atoms with Crippen molar-refractivity contribution in [1.82, 2.24) is 4.90 Å². The van der Waals surface area contributed by atoms with Crippen LogP contribution in [-0.4, -0.2) is 56.8 Å². The lowest BCUT2D eigenvalue weighted by Gasteiger charge is -2.40. The van der Waals surface area contributed by atoms with Crippen LogP contribution in [0.25, 0.3) is 0 Å². The van der Waals surface area contributed by atoms with Gasteiger partial charge in [-0.1, -0.05) is 24.1 Å². The number of benzene rings is 2. The summed E-state index contributed by atoms with van der Waals surface area (Å²) in [5, 5.41) is 11.0. The van der Waals surface area contributed by atoms with Crippen LogP contribution < -0.4 is 9.04 Å². The maximum atomic E-state index is 13.5. The number of methoxy groups -OCH3 is 1. The third kappa shape index (κ3) is 5.59. The fourth-order valence-corrected chi connectivity index (χ4v) is 5.76. The molecule has 0 radical (unpaired) electrons. The Morgan fingerprint density at radius 1 is 1.06 bits per heavy atom. The van der Waals surface area contributed by atoms with E-state index in [9.17, 15) is 13.5 Å². The number of aliphatic hydroxyl groups excluding tert-OH is 1. The van der Waals surface area contributed by atoms with E-state index in [2.05, 4.69) is 18.7 Å². The van der Waals surface area contributed by atoms with E-state index in [1.165, 1.54) is 10.7 Å². The van der Waals surface area contributed by atoms with Gasteiger partial charge in [0, 0.05) is 18.6 Å². The van der Waals surface area contributed by atoms with Crippen LogP contribution in [0.3, 0.4) is 0 Å². The van der Waals surface area contributed by atoms with Crippen molar-refractivity contribution in [3.63, 3.8) is 0 Å². The number of ether oxygens (including phenoxy) is 1. The maximum absolute atomic E-state index is 13.5. The zero-order valence-corrected chi connectivity index (χ0v) is 19.7. The van der Waals surface area contributed by atoms with E-state index >= 15 is 0 Å². The molecule has 0 aliphatic carbocycles. The molecule has 7 heteroatoms. The van der Waals surface area contributed by atoms with Crippen LogP contribution in [0, 0.1) is 6.92 Å². The van der Waals surface area contributed by atoms with Gasteiger partial charge in [-0.05, 0) is 70.0 Å². The molecule has 31 heavy (non-hydrogen) atoms. The van der Waals surface area contributed by atoms with Gasteiger partial charge >= 0.3 is 0 Å². The molecule has 1 N–H and O–H groups in total. The summed E-state index contributed by atoms with van der Waals surface area (Å²) < 4.78 is 33.6. The van der Waals surface area contributed by atoms with Gasteiger partial charge in [0.2, 0.25) is 0 Å². The van der Waals surface area contributed by atoms with Crippen LogP contribution in [0.1, 0.15) is 38.7 Å². The summed E-state index contributed by atoms with van der Waals surface area (Å²) in [5.41, 5.74) is 1.49. The highest BCUT2D eigenvalue weighted by molar-refractivity contribution is 7.92. The van der Waals surface area contributed by atoms with Gasteiger partial charge in [-0.2, -0.15) is 0 Å². The Labute approximate surface area is 186 Å². The van der Waals surface area contributed by atoms with Crippen LogP contribution in [0.5, 0.6) is 5.75 Å². The number of piperidine rings is 1. The predicted octanol–water partition coefficient (Wildman–Crippen LogP) is 3.82. The Morgan fingerprint density at radius 3 is 2.19 bits per heavy atom. The Balaban J connectivity index is 1.88. The minimum absolute atomic E-state index is 0.0154. The molecule has 1 heterocycles. The Bertz CT molecular complexity index is 935. The first-order valence-corrected chi connectivity index (χ1v) is 12.3. The lowest BCUT2D eigenvalue weighted by Crippen LogP contribution is -2.50. The molecule has 1 aliphatic heterocycles. The Hall–Kier alpha value is -2.09. The maximum Gasteiger partial charge on any atom is 0.264 e. The molecule has 0 amide bonds. The second-order valence-corrected chi connectivity index (χ2v) is 10.4. The van der Waals surface area contributed by atoms with Crippen LogP contribution in [0.2, 0.25) is 0 Å². The van der Waals surface area contributed by atoms with E-state index in [1.54, 1.807) is 55.6 Å². The standard InChI is InChI=1S/C24H34N2O4S/c1-18-8-14-24(15-9-18)31(28,29)26(21-10-12-23(30-4)13-11-21)17-22(27)16-25-19(2)6-5-7-20(25)3/h8-15,19-20,22,27H,5-7,16-17H2,1-4H3/t19-,20+,22-/m1/s1. The number of sulfonamides is 1. The van der Waals surface area contributed by atoms with Crippen molar-refractivity contribution in [2.45, 2.75) is 63.1 Å². The molecule has 2 aromatic carbocycles. The predicted molar refractivity (Wildman–Crippen MR) is 124 cm³/mol. The number of likely N-dealkylation sites (tertiary alicyclic amines) is 1. The average molecular weight is 447 g/mol. The fraction of sp³-hybridized carbons (Fsp3) is 0.500. The summed E-state index contributed by atoms with van der Waals surface area (Å²) in [6, 6.07) is 14.4. The second kappa shape index (κ2) is 10.0. The third-order valence-corrected chi connectivity index (χ3v) is 7.95. The van der Waals surface area contributed by atoms with Gasteiger partial charge in [-0.25, -0.2) is 8.42 Å². The lowest BCUT2D eigenvalue weighted by atomic mass is 9.97. The molecule has 3 rings (SSSR count). The van der Waals surface area contributed by atoms with Gasteiger partial charge in [0.05, 0.1) is 30.3 Å². The normalized spacial score (nSPS) is 20.9. The molecule has 170 valence electrons. The van der Waals surface area contributed by atoms with Gasteiger partial charge < -0.3 is 9.84 Å². The summed E-state index contributed by atoms with van der Waals surface area (Å²) in [4.78, 5) is 2.50. The molecule has 0 saturated carbocycles. The molecule has 1 fully saturated rings. The molecule has 3 atom stereocenters. The van der Waals surface area contributed by atoms with Crippen molar-refractivity contribution in [3.05, 3.63) is 54.1 Å². The average Bonchev–Trinajstić information content (AvgIpc) is 2.75. The van der Waals surface area contributed by atoms with Crippen molar-refractivity contribution in [1.29, 1.82) is 0 Å². The number of hydrogen-bond donors (Lipinski definition) is 1. The second-order valence-electron chi connectivity index (χ2n) is 8.53. The van der Waals surface area contributed by atoms with Gasteiger partial charge in [0.25, 0.3) is 10.0 Å². The van der Waals surface area contributed by atoms with E-state index in [4.69, 9.17) is 4.74 Å². The van der Waals surface area contributed by atoms with Gasteiger partial charge in [0.15, 0.2) is 0 Å². The molecular weight excluding hydrogens is 412 g/mol. The summed E-state index contributed by atoms with van der Waals surface area (Å²) in [6.45, 7) is 6.69. The topological polar surface area (TPSA) is 70.1 Å². The highest BCUT2D eigenvalue weighted by Crippen LogP contribution is 2.27. The van der Waals surface area contributed by atoms with E-state index < -0.39 is 16.1 Å². The number of rotatable bonds is 8. The van der Waals surface area contributed by atoms with Crippen molar-refractivity contribution >= 4 is 15.7 Å². The first-order chi connectivity index (χ1) is 14.7. The third-order valence-electron chi connectivity index (χ3n) is 6.14. The van der Waals surface area contributed by atoms with Crippen LogP contribution in [0.15, 0.2) is 53.4 Å². The molecule has 1 saturated heterocycles. The first kappa shape index (κ1) is 23.6. The molecule has 1 aliphatic rings. The highest BCUT2D eigenvalue weighted by Gasteiger charge is 2.31. The number of hydrogen-bond acceptors (Lipinski definition) is 5. The van der Waals surface area contributed by atoms with Crippen LogP contribution in [-0.2, 0) is 10.0 Å². The van der Waals surface area contributed by atoms with Crippen molar-refractivity contribution < 1.29 is 18.3 Å². The molecule has 0 unspecified atom stereocenters. The smallest absolute Gasteiger partial charge is 0.264 e. The minimum Gasteiger partial charge on any atom is -0.497 e. The first-order valence-electron chi connectivity index (χ1n) is 10.9. The molecule has 6 nitrogen and oxygen atoms in total. The lowest BCUT2D eigenvalue weighted by molar-refractivity contribution is 0.0455. The Kier molecular flexibility index (Phi) is 7.62. The van der Waals surface area contributed by atoms with Crippen molar-refractivity contribution in [2.24, 2.45) is 0 Å². The minimum atomic E-state index is -3.84. The number of aliphatic hydroxyl groups is 1. The monoisotopic (exact) mass is 446 g/mol. The summed E-state index contributed by atoms with van der Waals surface area (Å²) in [7, 11) is -2.27. The summed E-state index contributed by atoms with van der Waals surface area (Å²) >= 11 is 0. The summed E-state index contributed by atoms with van der Waals surface area (Å²) in [5.74, 6) is 0.646. The van der Waals surface area contributed by atoms with Gasteiger partial charge in [-0.3, -0.25) is 9.21 Å². The summed E-state index contributed by atoms with van der Waals surface area (Å²) in [6.07, 6.45) is 2.57. The van der Waals surface area contributed by atoms with Gasteiger partial charge in [-0.15, -0.1) is 0 Å². The molecule has 0 spiro atoms. The van der Waals surface area contributed by atoms with Gasteiger partial charge in [0.1, 0.15) is 5.75 Å². The fourth-order valence-electron chi connectivity index (χ4n) is 4.26. The van der Waals surface area contributed by atoms with E-state index in [0.717, 1.165) is 18.4 Å². The highest BCUT2D eigenvalue weighted by atomic mass is 32.2. The van der Waals surface area contributed by atoms with Crippen LogP contribution in [0.4, 0.5) is 5.69 Å².